The van der Waals surface area contributed by atoms with E-state index in [1.54, 1.807) is 61.5 Å². The minimum Gasteiger partial charge on any atom is -0.503 e. The van der Waals surface area contributed by atoms with Crippen molar-refractivity contribution >= 4 is 28.5 Å². The molecule has 2 aromatic heterocycles. The molecule has 0 aliphatic carbocycles. The Bertz CT molecular complexity index is 1380. The minimum atomic E-state index is -0.907. The summed E-state index contributed by atoms with van der Waals surface area (Å²) in [5.41, 5.74) is 0.936. The number of methoxy groups -OCH3 is 1. The Morgan fingerprint density at radius 1 is 1.12 bits per heavy atom. The number of benzene rings is 2. The number of anilines is 1. The highest BCUT2D eigenvalue weighted by Gasteiger charge is 2.46. The average Bonchev–Trinajstić information content (AvgIpc) is 3.50. The third-order valence-electron chi connectivity index (χ3n) is 5.38. The molecule has 0 bridgehead atoms. The number of aliphatic hydroxyl groups excluding tert-OH is 1. The van der Waals surface area contributed by atoms with Gasteiger partial charge in [0.1, 0.15) is 5.76 Å². The van der Waals surface area contributed by atoms with Gasteiger partial charge in [0.15, 0.2) is 28.7 Å². The zero-order valence-electron chi connectivity index (χ0n) is 17.2. The molecular weight excluding hydrogens is 412 g/mol. The fourth-order valence-electron chi connectivity index (χ4n) is 3.93. The van der Waals surface area contributed by atoms with Crippen LogP contribution in [0.4, 0.5) is 5.82 Å². The number of amides is 1. The number of aliphatic hydroxyl groups is 1. The molecule has 0 saturated carbocycles. The zero-order valence-corrected chi connectivity index (χ0v) is 17.2. The molecule has 8 heteroatoms. The van der Waals surface area contributed by atoms with Gasteiger partial charge in [0.2, 0.25) is 5.78 Å². The summed E-state index contributed by atoms with van der Waals surface area (Å²) >= 11 is 0. The number of carbonyl (C=O) groups is 2. The van der Waals surface area contributed by atoms with Gasteiger partial charge < -0.3 is 18.8 Å². The molecule has 1 unspecified atom stereocenters. The first kappa shape index (κ1) is 19.6. The monoisotopic (exact) mass is 430 g/mol. The van der Waals surface area contributed by atoms with E-state index in [4.69, 9.17) is 13.7 Å². The van der Waals surface area contributed by atoms with Gasteiger partial charge in [-0.15, -0.1) is 0 Å². The van der Waals surface area contributed by atoms with E-state index in [1.807, 2.05) is 6.07 Å². The summed E-state index contributed by atoms with van der Waals surface area (Å²) in [6, 6.07) is 16.4. The number of aryl methyl sites for hydroxylation is 1. The van der Waals surface area contributed by atoms with E-state index >= 15 is 0 Å². The lowest BCUT2D eigenvalue weighted by Gasteiger charge is -2.24. The quantitative estimate of drug-likeness (QED) is 0.464. The van der Waals surface area contributed by atoms with Gasteiger partial charge in [-0.2, -0.15) is 0 Å². The van der Waals surface area contributed by atoms with Crippen molar-refractivity contribution in [2.24, 2.45) is 0 Å². The fraction of sp³-hybridized carbons (Fsp3) is 0.125. The summed E-state index contributed by atoms with van der Waals surface area (Å²) in [7, 11) is 1.51. The molecule has 1 N–H and O–H groups in total. The second-order valence-electron chi connectivity index (χ2n) is 7.36. The fourth-order valence-corrected chi connectivity index (χ4v) is 3.93. The number of rotatable bonds is 5. The lowest BCUT2D eigenvalue weighted by Crippen LogP contribution is -2.31. The van der Waals surface area contributed by atoms with Crippen molar-refractivity contribution in [1.29, 1.82) is 0 Å². The molecule has 1 amide bonds. The SMILES string of the molecule is COc1cccc2cc(C(=O)C3=C(O)C(=O)N(c4cc(C)on4)C3c3ccccc3)oc12. The second kappa shape index (κ2) is 7.42. The summed E-state index contributed by atoms with van der Waals surface area (Å²) in [4.78, 5) is 27.9. The van der Waals surface area contributed by atoms with Crippen LogP contribution in [0, 0.1) is 6.92 Å². The van der Waals surface area contributed by atoms with Crippen molar-refractivity contribution < 1.29 is 28.4 Å². The Labute approximate surface area is 182 Å². The number of ether oxygens (including phenoxy) is 1. The highest BCUT2D eigenvalue weighted by Crippen LogP contribution is 2.42. The van der Waals surface area contributed by atoms with Gasteiger partial charge >= 0.3 is 0 Å². The predicted octanol–water partition coefficient (Wildman–Crippen LogP) is 4.52. The van der Waals surface area contributed by atoms with Crippen molar-refractivity contribution in [2.45, 2.75) is 13.0 Å². The topological polar surface area (TPSA) is 106 Å². The van der Waals surface area contributed by atoms with Crippen molar-refractivity contribution in [3.05, 3.63) is 89.1 Å². The van der Waals surface area contributed by atoms with E-state index in [0.29, 0.717) is 28.0 Å². The van der Waals surface area contributed by atoms with Crippen molar-refractivity contribution in [3.63, 3.8) is 0 Å². The number of furan rings is 1. The van der Waals surface area contributed by atoms with Gasteiger partial charge in [0, 0.05) is 11.5 Å². The minimum absolute atomic E-state index is 0.0158. The first-order valence-corrected chi connectivity index (χ1v) is 9.85. The third-order valence-corrected chi connectivity index (χ3v) is 5.38. The Kier molecular flexibility index (Phi) is 4.55. The van der Waals surface area contributed by atoms with E-state index in [9.17, 15) is 14.7 Å². The van der Waals surface area contributed by atoms with Crippen LogP contribution in [-0.2, 0) is 4.79 Å². The summed E-state index contributed by atoms with van der Waals surface area (Å²) in [5.74, 6) is -0.864. The average molecular weight is 430 g/mol. The summed E-state index contributed by atoms with van der Waals surface area (Å²) in [6.45, 7) is 1.69. The van der Waals surface area contributed by atoms with Gasteiger partial charge in [-0.05, 0) is 24.6 Å². The van der Waals surface area contributed by atoms with Crippen molar-refractivity contribution in [1.82, 2.24) is 5.16 Å². The van der Waals surface area contributed by atoms with Crippen LogP contribution in [0.1, 0.15) is 27.9 Å². The van der Waals surface area contributed by atoms with Crippen LogP contribution < -0.4 is 9.64 Å². The molecule has 0 saturated heterocycles. The van der Waals surface area contributed by atoms with E-state index in [1.165, 1.54) is 12.0 Å². The molecule has 32 heavy (non-hydrogen) atoms. The maximum absolute atomic E-state index is 13.6. The number of hydrogen-bond donors (Lipinski definition) is 1. The molecule has 8 nitrogen and oxygen atoms in total. The summed E-state index contributed by atoms with van der Waals surface area (Å²) in [6.07, 6.45) is 0. The van der Waals surface area contributed by atoms with E-state index < -0.39 is 23.5 Å². The number of ketones is 1. The Hall–Kier alpha value is -4.33. The summed E-state index contributed by atoms with van der Waals surface area (Å²) < 4.78 is 16.2. The normalized spacial score (nSPS) is 16.2. The van der Waals surface area contributed by atoms with Crippen LogP contribution in [0.5, 0.6) is 5.75 Å². The second-order valence-corrected chi connectivity index (χ2v) is 7.36. The van der Waals surface area contributed by atoms with Gasteiger partial charge in [0.05, 0.1) is 18.7 Å². The lowest BCUT2D eigenvalue weighted by atomic mass is 9.95. The number of nitrogens with zero attached hydrogens (tertiary/aromatic N) is 2. The maximum atomic E-state index is 13.6. The van der Waals surface area contributed by atoms with E-state index in [-0.39, 0.29) is 17.2 Å². The predicted molar refractivity (Wildman–Crippen MR) is 115 cm³/mol. The Morgan fingerprint density at radius 3 is 2.59 bits per heavy atom. The lowest BCUT2D eigenvalue weighted by molar-refractivity contribution is -0.117. The van der Waals surface area contributed by atoms with E-state index in [0.717, 1.165) is 0 Å². The third kappa shape index (κ3) is 2.96. The van der Waals surface area contributed by atoms with Crippen LogP contribution in [0.25, 0.3) is 11.0 Å². The van der Waals surface area contributed by atoms with Crippen LogP contribution in [0.3, 0.4) is 0 Å². The molecule has 0 spiro atoms. The van der Waals surface area contributed by atoms with Gasteiger partial charge in [-0.25, -0.2) is 0 Å². The molecule has 1 aliphatic rings. The standard InChI is InChI=1S/C24H18N2O6/c1-13-11-18(25-32-13)26-20(14-7-4-3-5-8-14)19(22(28)24(26)29)21(27)17-12-15-9-6-10-16(30-2)23(15)31-17/h3-12,20,28H,1-2H3. The molecule has 0 fully saturated rings. The molecule has 3 heterocycles. The number of fused-ring (bicyclic) bond motifs is 1. The number of carbonyl (C=O) groups excluding carboxylic acids is 2. The molecule has 1 atom stereocenters. The zero-order chi connectivity index (χ0) is 22.4. The Balaban J connectivity index is 1.65. The molecule has 4 aromatic rings. The molecular formula is C24H18N2O6. The van der Waals surface area contributed by atoms with Crippen molar-refractivity contribution in [2.75, 3.05) is 12.0 Å². The smallest absolute Gasteiger partial charge is 0.295 e. The summed E-state index contributed by atoms with van der Waals surface area (Å²) in [5, 5.41) is 15.4. The molecule has 5 rings (SSSR count). The van der Waals surface area contributed by atoms with Crippen LogP contribution >= 0.6 is 0 Å². The van der Waals surface area contributed by atoms with E-state index in [2.05, 4.69) is 5.16 Å². The largest absolute Gasteiger partial charge is 0.503 e. The highest BCUT2D eigenvalue weighted by molar-refractivity contribution is 6.20. The maximum Gasteiger partial charge on any atom is 0.295 e. The van der Waals surface area contributed by atoms with Crippen molar-refractivity contribution in [3.8, 4) is 5.75 Å². The molecule has 1 aliphatic heterocycles. The molecule has 0 radical (unpaired) electrons. The van der Waals surface area contributed by atoms with Crippen LogP contribution in [0.15, 0.2) is 80.9 Å². The molecule has 160 valence electrons. The van der Waals surface area contributed by atoms with Crippen LogP contribution in [0.2, 0.25) is 0 Å². The number of aromatic nitrogens is 1. The first-order chi connectivity index (χ1) is 15.5. The number of hydrogen-bond acceptors (Lipinski definition) is 7. The number of Topliss-reactive ketones (excluding diaryl/α,β-unsaturated/α-hetero) is 1. The van der Waals surface area contributed by atoms with Gasteiger partial charge in [-0.3, -0.25) is 14.5 Å². The van der Waals surface area contributed by atoms with Crippen LogP contribution in [-0.4, -0.2) is 29.1 Å². The Morgan fingerprint density at radius 2 is 1.91 bits per heavy atom. The molecule has 2 aromatic carbocycles. The number of para-hydroxylation sites is 1. The van der Waals surface area contributed by atoms with Gasteiger partial charge in [-0.1, -0.05) is 47.6 Å². The first-order valence-electron chi connectivity index (χ1n) is 9.85. The highest BCUT2D eigenvalue weighted by atomic mass is 16.5. The van der Waals surface area contributed by atoms with Gasteiger partial charge in [0.25, 0.3) is 5.91 Å².